The SMILES string of the molecule is Cc1nc2ccccc2n1CCNC(=O)Cn1nc2n(c1=O)CCCCC2. The van der Waals surface area contributed by atoms with Crippen molar-refractivity contribution in [1.82, 2.24) is 29.2 Å². The zero-order valence-corrected chi connectivity index (χ0v) is 15.5. The highest BCUT2D eigenvalue weighted by molar-refractivity contribution is 5.76. The van der Waals surface area contributed by atoms with E-state index in [1.165, 1.54) is 4.68 Å². The minimum Gasteiger partial charge on any atom is -0.353 e. The number of fused-ring (bicyclic) bond motifs is 2. The molecule has 0 bridgehead atoms. The molecular weight excluding hydrogens is 344 g/mol. The largest absolute Gasteiger partial charge is 0.353 e. The second-order valence-electron chi connectivity index (χ2n) is 6.97. The van der Waals surface area contributed by atoms with Crippen molar-refractivity contribution in [2.45, 2.75) is 52.2 Å². The summed E-state index contributed by atoms with van der Waals surface area (Å²) in [6, 6.07) is 7.94. The van der Waals surface area contributed by atoms with Crippen molar-refractivity contribution in [2.75, 3.05) is 6.54 Å². The van der Waals surface area contributed by atoms with Gasteiger partial charge in [0.25, 0.3) is 0 Å². The number of nitrogens with zero attached hydrogens (tertiary/aromatic N) is 5. The number of nitrogens with one attached hydrogen (secondary N) is 1. The summed E-state index contributed by atoms with van der Waals surface area (Å²) < 4.78 is 5.08. The van der Waals surface area contributed by atoms with E-state index < -0.39 is 0 Å². The molecule has 3 heterocycles. The smallest absolute Gasteiger partial charge is 0.346 e. The number of amides is 1. The maximum Gasteiger partial charge on any atom is 0.346 e. The Morgan fingerprint density at radius 3 is 2.96 bits per heavy atom. The van der Waals surface area contributed by atoms with E-state index in [1.807, 2.05) is 31.2 Å². The van der Waals surface area contributed by atoms with Gasteiger partial charge in [-0.1, -0.05) is 18.6 Å². The van der Waals surface area contributed by atoms with Gasteiger partial charge in [0.05, 0.1) is 11.0 Å². The third-order valence-corrected chi connectivity index (χ3v) is 5.08. The van der Waals surface area contributed by atoms with Crippen molar-refractivity contribution in [3.63, 3.8) is 0 Å². The average Bonchev–Trinajstić information content (AvgIpc) is 3.00. The molecule has 0 spiro atoms. The number of imidazole rings is 1. The number of aryl methyl sites for hydroxylation is 2. The van der Waals surface area contributed by atoms with Crippen LogP contribution in [-0.2, 0) is 30.8 Å². The van der Waals surface area contributed by atoms with Crippen LogP contribution in [0.15, 0.2) is 29.1 Å². The van der Waals surface area contributed by atoms with E-state index >= 15 is 0 Å². The normalized spacial score (nSPS) is 14.1. The van der Waals surface area contributed by atoms with Crippen molar-refractivity contribution >= 4 is 16.9 Å². The molecule has 3 aromatic rings. The molecule has 0 unspecified atom stereocenters. The fourth-order valence-corrected chi connectivity index (χ4v) is 3.71. The number of para-hydroxylation sites is 2. The molecule has 1 aliphatic rings. The van der Waals surface area contributed by atoms with E-state index in [2.05, 4.69) is 20.0 Å². The lowest BCUT2D eigenvalue weighted by Gasteiger charge is -2.08. The number of benzene rings is 1. The summed E-state index contributed by atoms with van der Waals surface area (Å²) in [6.07, 6.45) is 3.95. The number of carbonyl (C=O) groups excluding carboxylic acids is 1. The quantitative estimate of drug-likeness (QED) is 0.734. The molecule has 1 N–H and O–H groups in total. The van der Waals surface area contributed by atoms with Crippen LogP contribution in [0.4, 0.5) is 0 Å². The Balaban J connectivity index is 1.38. The average molecular weight is 368 g/mol. The minimum absolute atomic E-state index is 0.0392. The molecule has 8 nitrogen and oxygen atoms in total. The highest BCUT2D eigenvalue weighted by atomic mass is 16.2. The molecule has 0 radical (unpaired) electrons. The third kappa shape index (κ3) is 3.51. The molecule has 8 heteroatoms. The van der Waals surface area contributed by atoms with Gasteiger partial charge in [0.2, 0.25) is 5.91 Å². The molecule has 142 valence electrons. The first-order valence-electron chi connectivity index (χ1n) is 9.48. The van der Waals surface area contributed by atoms with Gasteiger partial charge >= 0.3 is 5.69 Å². The fourth-order valence-electron chi connectivity index (χ4n) is 3.71. The predicted molar refractivity (Wildman–Crippen MR) is 102 cm³/mol. The second-order valence-corrected chi connectivity index (χ2v) is 6.97. The van der Waals surface area contributed by atoms with Crippen LogP contribution in [0.3, 0.4) is 0 Å². The van der Waals surface area contributed by atoms with Gasteiger partial charge in [0, 0.05) is 26.1 Å². The second kappa shape index (κ2) is 7.38. The van der Waals surface area contributed by atoms with Crippen LogP contribution in [0, 0.1) is 6.92 Å². The lowest BCUT2D eigenvalue weighted by atomic mass is 10.2. The van der Waals surface area contributed by atoms with Gasteiger partial charge in [0.15, 0.2) is 0 Å². The van der Waals surface area contributed by atoms with Crippen LogP contribution < -0.4 is 11.0 Å². The Morgan fingerprint density at radius 1 is 1.22 bits per heavy atom. The van der Waals surface area contributed by atoms with Gasteiger partial charge < -0.3 is 9.88 Å². The first-order valence-corrected chi connectivity index (χ1v) is 9.48. The lowest BCUT2D eigenvalue weighted by Crippen LogP contribution is -2.35. The van der Waals surface area contributed by atoms with Gasteiger partial charge in [-0.3, -0.25) is 9.36 Å². The molecule has 1 amide bonds. The van der Waals surface area contributed by atoms with E-state index in [0.29, 0.717) is 19.6 Å². The van der Waals surface area contributed by atoms with Crippen LogP contribution in [0.25, 0.3) is 11.0 Å². The molecule has 1 aliphatic heterocycles. The highest BCUT2D eigenvalue weighted by Gasteiger charge is 2.17. The summed E-state index contributed by atoms with van der Waals surface area (Å²) in [5, 5.41) is 7.24. The van der Waals surface area contributed by atoms with Gasteiger partial charge in [-0.05, 0) is 31.9 Å². The Hall–Kier alpha value is -2.90. The van der Waals surface area contributed by atoms with Crippen molar-refractivity contribution < 1.29 is 4.79 Å². The van der Waals surface area contributed by atoms with Crippen LogP contribution in [0.1, 0.15) is 30.9 Å². The van der Waals surface area contributed by atoms with Crippen molar-refractivity contribution in [3.8, 4) is 0 Å². The third-order valence-electron chi connectivity index (χ3n) is 5.08. The molecule has 2 aromatic heterocycles. The Kier molecular flexibility index (Phi) is 4.79. The molecule has 1 aromatic carbocycles. The Bertz CT molecular complexity index is 1030. The predicted octanol–water partition coefficient (Wildman–Crippen LogP) is 1.25. The van der Waals surface area contributed by atoms with E-state index in [-0.39, 0.29) is 18.1 Å². The number of hydrogen-bond acceptors (Lipinski definition) is 4. The van der Waals surface area contributed by atoms with E-state index in [9.17, 15) is 9.59 Å². The van der Waals surface area contributed by atoms with E-state index in [1.54, 1.807) is 4.57 Å². The number of aromatic nitrogens is 5. The Morgan fingerprint density at radius 2 is 2.07 bits per heavy atom. The van der Waals surface area contributed by atoms with E-state index in [0.717, 1.165) is 48.4 Å². The fraction of sp³-hybridized carbons (Fsp3) is 0.474. The zero-order chi connectivity index (χ0) is 18.8. The van der Waals surface area contributed by atoms with Crippen LogP contribution in [-0.4, -0.2) is 36.4 Å². The Labute approximate surface area is 156 Å². The van der Waals surface area contributed by atoms with E-state index in [4.69, 9.17) is 0 Å². The monoisotopic (exact) mass is 368 g/mol. The van der Waals surface area contributed by atoms with Crippen LogP contribution >= 0.6 is 0 Å². The molecule has 27 heavy (non-hydrogen) atoms. The van der Waals surface area contributed by atoms with Gasteiger partial charge in [-0.2, -0.15) is 5.10 Å². The topological polar surface area (TPSA) is 86.7 Å². The first-order chi connectivity index (χ1) is 13.1. The summed E-state index contributed by atoms with van der Waals surface area (Å²) >= 11 is 0. The highest BCUT2D eigenvalue weighted by Crippen LogP contribution is 2.14. The molecule has 0 aliphatic carbocycles. The maximum absolute atomic E-state index is 12.4. The lowest BCUT2D eigenvalue weighted by molar-refractivity contribution is -0.121. The summed E-state index contributed by atoms with van der Waals surface area (Å²) in [5.41, 5.74) is 1.82. The standard InChI is InChI=1S/C19H24N6O2/c1-14-21-15-7-4-5-8-16(15)23(14)12-10-20-18(26)13-25-19(27)24-11-6-2-3-9-17(24)22-25/h4-5,7-8H,2-3,6,9-13H2,1H3,(H,20,26). The summed E-state index contributed by atoms with van der Waals surface area (Å²) in [6.45, 7) is 3.72. The van der Waals surface area contributed by atoms with Crippen LogP contribution in [0.2, 0.25) is 0 Å². The van der Waals surface area contributed by atoms with Crippen molar-refractivity contribution in [3.05, 3.63) is 46.4 Å². The summed E-state index contributed by atoms with van der Waals surface area (Å²) in [5.74, 6) is 1.51. The molecule has 0 fully saturated rings. The molecule has 0 saturated heterocycles. The summed E-state index contributed by atoms with van der Waals surface area (Å²) in [7, 11) is 0. The molecule has 0 saturated carbocycles. The summed E-state index contributed by atoms with van der Waals surface area (Å²) in [4.78, 5) is 29.2. The number of hydrogen-bond donors (Lipinski definition) is 1. The van der Waals surface area contributed by atoms with Crippen molar-refractivity contribution in [2.24, 2.45) is 0 Å². The zero-order valence-electron chi connectivity index (χ0n) is 15.5. The van der Waals surface area contributed by atoms with Gasteiger partial charge in [-0.15, -0.1) is 0 Å². The van der Waals surface area contributed by atoms with Gasteiger partial charge in [0.1, 0.15) is 18.2 Å². The van der Waals surface area contributed by atoms with Crippen LogP contribution in [0.5, 0.6) is 0 Å². The first kappa shape index (κ1) is 17.5. The molecule has 0 atom stereocenters. The number of carbonyl (C=O) groups is 1. The maximum atomic E-state index is 12.4. The molecule has 4 rings (SSSR count). The number of rotatable bonds is 5. The molecular formula is C19H24N6O2. The minimum atomic E-state index is -0.201. The van der Waals surface area contributed by atoms with Crippen molar-refractivity contribution in [1.29, 1.82) is 0 Å². The van der Waals surface area contributed by atoms with Gasteiger partial charge in [-0.25, -0.2) is 14.5 Å².